The molecule has 96 valence electrons. The number of nitrogens with zero attached hydrogens (tertiary/aromatic N) is 1. The second-order valence-corrected chi connectivity index (χ2v) is 4.20. The van der Waals surface area contributed by atoms with Crippen LogP contribution in [0.15, 0.2) is 41.6 Å². The van der Waals surface area contributed by atoms with Gasteiger partial charge in [-0.05, 0) is 41.6 Å². The molecule has 2 aromatic carbocycles. The average molecular weight is 264 g/mol. The number of benzene rings is 2. The van der Waals surface area contributed by atoms with Crippen molar-refractivity contribution in [1.29, 1.82) is 0 Å². The summed E-state index contributed by atoms with van der Waals surface area (Å²) in [4.78, 5) is 13.4. The number of aromatic amines is 1. The maximum Gasteiger partial charge on any atom is 0.416 e. The number of rotatable bonds is 1. The van der Waals surface area contributed by atoms with E-state index in [-0.39, 0.29) is 5.69 Å². The second-order valence-electron chi connectivity index (χ2n) is 4.20. The summed E-state index contributed by atoms with van der Waals surface area (Å²) < 4.78 is 38.0. The highest BCUT2D eigenvalue weighted by molar-refractivity contribution is 6.08. The molecule has 0 aliphatic rings. The number of nitroso groups, excluding NO2 is 1. The van der Waals surface area contributed by atoms with Crippen LogP contribution in [-0.2, 0) is 6.18 Å². The van der Waals surface area contributed by atoms with Gasteiger partial charge < -0.3 is 4.98 Å². The molecule has 0 amide bonds. The molecule has 0 unspecified atom stereocenters. The van der Waals surface area contributed by atoms with Crippen LogP contribution < -0.4 is 0 Å². The van der Waals surface area contributed by atoms with Crippen molar-refractivity contribution in [2.24, 2.45) is 5.18 Å². The largest absolute Gasteiger partial charge is 0.416 e. The summed E-state index contributed by atoms with van der Waals surface area (Å²) in [6, 6.07) is 8.08. The van der Waals surface area contributed by atoms with Crippen molar-refractivity contribution in [3.05, 3.63) is 46.9 Å². The van der Waals surface area contributed by atoms with Crippen molar-refractivity contribution in [3.8, 4) is 0 Å². The van der Waals surface area contributed by atoms with E-state index in [1.54, 1.807) is 6.07 Å². The van der Waals surface area contributed by atoms with Crippen molar-refractivity contribution in [1.82, 2.24) is 4.98 Å². The molecule has 1 aromatic heterocycles. The summed E-state index contributed by atoms with van der Waals surface area (Å²) in [6.07, 6.45) is -4.37. The lowest BCUT2D eigenvalue weighted by Crippen LogP contribution is -2.03. The summed E-state index contributed by atoms with van der Waals surface area (Å²) in [5.41, 5.74) is 0.714. The third-order valence-electron chi connectivity index (χ3n) is 3.01. The number of hydrogen-bond donors (Lipinski definition) is 1. The van der Waals surface area contributed by atoms with Gasteiger partial charge in [0.25, 0.3) is 0 Å². The van der Waals surface area contributed by atoms with Crippen LogP contribution in [0.4, 0.5) is 18.9 Å². The van der Waals surface area contributed by atoms with E-state index in [2.05, 4.69) is 10.2 Å². The van der Waals surface area contributed by atoms with Crippen molar-refractivity contribution in [2.75, 3.05) is 0 Å². The summed E-state index contributed by atoms with van der Waals surface area (Å²) in [5, 5.41) is 3.90. The number of hydrogen-bond acceptors (Lipinski definition) is 2. The molecule has 3 nitrogen and oxygen atoms in total. The number of nitrogens with one attached hydrogen (secondary N) is 1. The van der Waals surface area contributed by atoms with Gasteiger partial charge in [0.2, 0.25) is 0 Å². The lowest BCUT2D eigenvalue weighted by Gasteiger charge is -2.05. The van der Waals surface area contributed by atoms with Crippen LogP contribution in [0.25, 0.3) is 21.8 Å². The first-order valence-electron chi connectivity index (χ1n) is 5.45. The van der Waals surface area contributed by atoms with E-state index in [0.29, 0.717) is 21.8 Å². The fraction of sp³-hybridized carbons (Fsp3) is 0.0769. The fourth-order valence-electron chi connectivity index (χ4n) is 2.12. The van der Waals surface area contributed by atoms with Crippen molar-refractivity contribution < 1.29 is 13.2 Å². The molecule has 0 aliphatic heterocycles. The van der Waals surface area contributed by atoms with Crippen LogP contribution in [0.2, 0.25) is 0 Å². The Bertz CT molecular complexity index is 790. The molecule has 1 heterocycles. The zero-order valence-electron chi connectivity index (χ0n) is 9.45. The van der Waals surface area contributed by atoms with Crippen molar-refractivity contribution in [3.63, 3.8) is 0 Å². The molecule has 0 spiro atoms. The quantitative estimate of drug-likeness (QED) is 0.634. The smallest absolute Gasteiger partial charge is 0.354 e. The first kappa shape index (κ1) is 11.7. The molecule has 0 saturated carbocycles. The van der Waals surface area contributed by atoms with Gasteiger partial charge in [-0.1, -0.05) is 0 Å². The summed E-state index contributed by atoms with van der Waals surface area (Å²) in [5.74, 6) is 0. The number of H-pyrrole nitrogens is 1. The molecular weight excluding hydrogens is 257 g/mol. The predicted octanol–water partition coefficient (Wildman–Crippen LogP) is 4.74. The lowest BCUT2D eigenvalue weighted by atomic mass is 10.1. The van der Waals surface area contributed by atoms with E-state index < -0.39 is 11.7 Å². The van der Waals surface area contributed by atoms with Crippen molar-refractivity contribution in [2.45, 2.75) is 6.18 Å². The Morgan fingerprint density at radius 2 is 1.74 bits per heavy atom. The van der Waals surface area contributed by atoms with Gasteiger partial charge in [-0.2, -0.15) is 13.2 Å². The highest BCUT2D eigenvalue weighted by Gasteiger charge is 2.30. The van der Waals surface area contributed by atoms with E-state index in [0.717, 1.165) is 12.1 Å². The topological polar surface area (TPSA) is 45.2 Å². The van der Waals surface area contributed by atoms with Crippen LogP contribution in [-0.4, -0.2) is 4.98 Å². The lowest BCUT2D eigenvalue weighted by molar-refractivity contribution is -0.137. The van der Waals surface area contributed by atoms with Crippen LogP contribution in [0, 0.1) is 4.91 Å². The SMILES string of the molecule is O=Nc1ccc2c(c1)[nH]c1ccc(C(F)(F)F)cc12. The number of aromatic nitrogens is 1. The van der Waals surface area contributed by atoms with E-state index in [1.807, 2.05) is 0 Å². The van der Waals surface area contributed by atoms with Gasteiger partial charge in [-0.3, -0.25) is 0 Å². The van der Waals surface area contributed by atoms with Crippen LogP contribution in [0.1, 0.15) is 5.56 Å². The van der Waals surface area contributed by atoms with E-state index >= 15 is 0 Å². The minimum atomic E-state index is -4.37. The Hall–Kier alpha value is -2.37. The van der Waals surface area contributed by atoms with Gasteiger partial charge in [-0.15, -0.1) is 4.91 Å². The number of alkyl halides is 3. The van der Waals surface area contributed by atoms with Gasteiger partial charge in [-0.25, -0.2) is 0 Å². The van der Waals surface area contributed by atoms with E-state index in [4.69, 9.17) is 0 Å². The Labute approximate surface area is 105 Å². The molecule has 0 radical (unpaired) electrons. The molecule has 1 N–H and O–H groups in total. The zero-order chi connectivity index (χ0) is 13.6. The molecule has 19 heavy (non-hydrogen) atoms. The van der Waals surface area contributed by atoms with Gasteiger partial charge in [0.15, 0.2) is 0 Å². The van der Waals surface area contributed by atoms with Crippen molar-refractivity contribution >= 4 is 27.5 Å². The molecule has 6 heteroatoms. The van der Waals surface area contributed by atoms with Crippen LogP contribution in [0.5, 0.6) is 0 Å². The molecule has 0 bridgehead atoms. The van der Waals surface area contributed by atoms with Gasteiger partial charge >= 0.3 is 6.18 Å². The number of halogens is 3. The summed E-state index contributed by atoms with van der Waals surface area (Å²) in [6.45, 7) is 0. The highest BCUT2D eigenvalue weighted by atomic mass is 19.4. The third kappa shape index (κ3) is 1.85. The normalized spacial score (nSPS) is 12.2. The summed E-state index contributed by atoms with van der Waals surface area (Å²) in [7, 11) is 0. The molecule has 0 fully saturated rings. The Morgan fingerprint density at radius 1 is 0.947 bits per heavy atom. The second kappa shape index (κ2) is 3.81. The first-order valence-corrected chi connectivity index (χ1v) is 5.45. The maximum absolute atomic E-state index is 12.7. The molecule has 0 aliphatic carbocycles. The maximum atomic E-state index is 12.7. The minimum absolute atomic E-state index is 0.232. The molecule has 0 saturated heterocycles. The predicted molar refractivity (Wildman–Crippen MR) is 66.3 cm³/mol. The van der Waals surface area contributed by atoms with Crippen LogP contribution >= 0.6 is 0 Å². The van der Waals surface area contributed by atoms with Gasteiger partial charge in [0.05, 0.1) is 5.56 Å². The third-order valence-corrected chi connectivity index (χ3v) is 3.01. The van der Waals surface area contributed by atoms with E-state index in [1.165, 1.54) is 18.2 Å². The van der Waals surface area contributed by atoms with Crippen LogP contribution in [0.3, 0.4) is 0 Å². The van der Waals surface area contributed by atoms with Gasteiger partial charge in [0.1, 0.15) is 5.69 Å². The standard InChI is InChI=1S/C13H7F3N2O/c14-13(15,16)7-1-4-11-10(5-7)9-3-2-8(18-19)6-12(9)17-11/h1-6,17H. The summed E-state index contributed by atoms with van der Waals surface area (Å²) >= 11 is 0. The zero-order valence-corrected chi connectivity index (χ0v) is 9.45. The Balaban J connectivity index is 2.33. The molecule has 0 atom stereocenters. The van der Waals surface area contributed by atoms with Gasteiger partial charge in [0, 0.05) is 21.8 Å². The Kier molecular flexibility index (Phi) is 2.35. The highest BCUT2D eigenvalue weighted by Crippen LogP contribution is 2.34. The first-order chi connectivity index (χ1) is 8.99. The molecular formula is C13H7F3N2O. The van der Waals surface area contributed by atoms with E-state index in [9.17, 15) is 18.1 Å². The average Bonchev–Trinajstić information content (AvgIpc) is 2.73. The monoisotopic (exact) mass is 264 g/mol. The number of fused-ring (bicyclic) bond motifs is 3. The molecule has 3 aromatic rings. The minimum Gasteiger partial charge on any atom is -0.354 e. The fourth-order valence-corrected chi connectivity index (χ4v) is 2.12. The Morgan fingerprint density at radius 3 is 2.42 bits per heavy atom. The molecule has 3 rings (SSSR count).